The molecule has 2 unspecified atom stereocenters. The maximum Gasteiger partial charge on any atom is 0.186 e. The second-order valence-corrected chi connectivity index (χ2v) is 5.99. The Labute approximate surface area is 107 Å². The second-order valence-electron chi connectivity index (χ2n) is 4.93. The predicted octanol–water partition coefficient (Wildman–Crippen LogP) is 2.82. The predicted molar refractivity (Wildman–Crippen MR) is 72.6 cm³/mol. The van der Waals surface area contributed by atoms with Crippen molar-refractivity contribution < 1.29 is 5.11 Å². The second kappa shape index (κ2) is 5.36. The highest BCUT2D eigenvalue weighted by molar-refractivity contribution is 7.15. The standard InChI is InChI=1S/C13H22N2OS/c1-4-11-12(8-16)17-13(14-11)15-7-5-6-9(2)10(15)3/h9-10,16H,4-8H2,1-3H3. The summed E-state index contributed by atoms with van der Waals surface area (Å²) in [5, 5.41) is 10.4. The van der Waals surface area contributed by atoms with Crippen LogP contribution in [0, 0.1) is 5.92 Å². The van der Waals surface area contributed by atoms with E-state index < -0.39 is 0 Å². The Balaban J connectivity index is 2.23. The van der Waals surface area contributed by atoms with Crippen molar-refractivity contribution in [1.29, 1.82) is 0 Å². The number of piperidine rings is 1. The van der Waals surface area contributed by atoms with Crippen LogP contribution < -0.4 is 4.90 Å². The Hall–Kier alpha value is -0.610. The van der Waals surface area contributed by atoms with Crippen LogP contribution in [0.2, 0.25) is 0 Å². The van der Waals surface area contributed by atoms with Crippen molar-refractivity contribution in [3.8, 4) is 0 Å². The molecule has 1 aromatic rings. The molecule has 4 heteroatoms. The van der Waals surface area contributed by atoms with Gasteiger partial charge in [-0.3, -0.25) is 0 Å². The normalized spacial score (nSPS) is 25.3. The van der Waals surface area contributed by atoms with Crippen LogP contribution in [0.5, 0.6) is 0 Å². The van der Waals surface area contributed by atoms with Crippen LogP contribution in [0.3, 0.4) is 0 Å². The minimum absolute atomic E-state index is 0.124. The summed E-state index contributed by atoms with van der Waals surface area (Å²) >= 11 is 1.66. The maximum absolute atomic E-state index is 9.33. The molecule has 3 nitrogen and oxygen atoms in total. The van der Waals surface area contributed by atoms with Crippen LogP contribution in [-0.4, -0.2) is 22.7 Å². The summed E-state index contributed by atoms with van der Waals surface area (Å²) in [5.41, 5.74) is 1.07. The zero-order valence-electron chi connectivity index (χ0n) is 10.9. The lowest BCUT2D eigenvalue weighted by molar-refractivity contribution is 0.284. The summed E-state index contributed by atoms with van der Waals surface area (Å²) in [4.78, 5) is 8.14. The molecule has 2 atom stereocenters. The van der Waals surface area contributed by atoms with Gasteiger partial charge in [0.1, 0.15) is 0 Å². The van der Waals surface area contributed by atoms with E-state index in [0.29, 0.717) is 6.04 Å². The zero-order valence-corrected chi connectivity index (χ0v) is 11.8. The van der Waals surface area contributed by atoms with Crippen molar-refractivity contribution in [1.82, 2.24) is 4.98 Å². The largest absolute Gasteiger partial charge is 0.391 e. The van der Waals surface area contributed by atoms with Gasteiger partial charge in [0, 0.05) is 12.6 Å². The van der Waals surface area contributed by atoms with Gasteiger partial charge in [-0.25, -0.2) is 4.98 Å². The molecule has 1 fully saturated rings. The summed E-state index contributed by atoms with van der Waals surface area (Å²) in [6, 6.07) is 0.561. The summed E-state index contributed by atoms with van der Waals surface area (Å²) in [5.74, 6) is 0.732. The van der Waals surface area contributed by atoms with Crippen molar-refractivity contribution in [2.45, 2.75) is 52.7 Å². The number of aliphatic hydroxyl groups excluding tert-OH is 1. The average Bonchev–Trinajstić information content (AvgIpc) is 2.75. The molecule has 1 aromatic heterocycles. The number of aryl methyl sites for hydroxylation is 1. The number of hydrogen-bond donors (Lipinski definition) is 1. The molecule has 17 heavy (non-hydrogen) atoms. The molecular weight excluding hydrogens is 232 g/mol. The SMILES string of the molecule is CCc1nc(N2CCCC(C)C2C)sc1CO. The Morgan fingerprint density at radius 2 is 2.24 bits per heavy atom. The van der Waals surface area contributed by atoms with E-state index in [9.17, 15) is 5.11 Å². The van der Waals surface area contributed by atoms with Gasteiger partial charge in [0.2, 0.25) is 0 Å². The van der Waals surface area contributed by atoms with Crippen LogP contribution in [0.25, 0.3) is 0 Å². The molecule has 0 saturated carbocycles. The van der Waals surface area contributed by atoms with Gasteiger partial charge in [-0.2, -0.15) is 0 Å². The summed E-state index contributed by atoms with van der Waals surface area (Å²) in [6.07, 6.45) is 3.47. The fraction of sp³-hybridized carbons (Fsp3) is 0.769. The van der Waals surface area contributed by atoms with E-state index in [1.807, 2.05) is 0 Å². The minimum Gasteiger partial charge on any atom is -0.391 e. The Kier molecular flexibility index (Phi) is 4.05. The lowest BCUT2D eigenvalue weighted by Gasteiger charge is -2.37. The van der Waals surface area contributed by atoms with Gasteiger partial charge in [-0.15, -0.1) is 0 Å². The van der Waals surface area contributed by atoms with Gasteiger partial charge in [0.05, 0.1) is 17.2 Å². The summed E-state index contributed by atoms with van der Waals surface area (Å²) in [6.45, 7) is 7.93. The first-order chi connectivity index (χ1) is 8.17. The first-order valence-corrected chi connectivity index (χ1v) is 7.35. The lowest BCUT2D eigenvalue weighted by atomic mass is 9.93. The van der Waals surface area contributed by atoms with E-state index in [1.54, 1.807) is 11.3 Å². The van der Waals surface area contributed by atoms with E-state index in [2.05, 4.69) is 25.7 Å². The minimum atomic E-state index is 0.124. The molecule has 1 aliphatic rings. The number of aliphatic hydroxyl groups is 1. The highest BCUT2D eigenvalue weighted by Crippen LogP contribution is 2.33. The van der Waals surface area contributed by atoms with Crippen LogP contribution in [0.1, 0.15) is 44.2 Å². The number of aromatic nitrogens is 1. The van der Waals surface area contributed by atoms with Crippen LogP contribution >= 0.6 is 11.3 Å². The lowest BCUT2D eigenvalue weighted by Crippen LogP contribution is -2.42. The van der Waals surface area contributed by atoms with E-state index in [0.717, 1.165) is 34.6 Å². The summed E-state index contributed by atoms with van der Waals surface area (Å²) < 4.78 is 0. The molecule has 0 aromatic carbocycles. The average molecular weight is 254 g/mol. The van der Waals surface area contributed by atoms with E-state index in [1.165, 1.54) is 12.8 Å². The number of thiazole rings is 1. The van der Waals surface area contributed by atoms with Gasteiger partial charge >= 0.3 is 0 Å². The van der Waals surface area contributed by atoms with Crippen molar-refractivity contribution in [2.75, 3.05) is 11.4 Å². The van der Waals surface area contributed by atoms with Crippen molar-refractivity contribution in [3.63, 3.8) is 0 Å². The van der Waals surface area contributed by atoms with Gasteiger partial charge in [-0.05, 0) is 32.1 Å². The van der Waals surface area contributed by atoms with Gasteiger partial charge in [-0.1, -0.05) is 25.2 Å². The quantitative estimate of drug-likeness (QED) is 0.901. The zero-order chi connectivity index (χ0) is 12.4. The van der Waals surface area contributed by atoms with E-state index >= 15 is 0 Å². The van der Waals surface area contributed by atoms with Crippen LogP contribution in [0.4, 0.5) is 5.13 Å². The molecule has 0 spiro atoms. The summed E-state index contributed by atoms with van der Waals surface area (Å²) in [7, 11) is 0. The van der Waals surface area contributed by atoms with Crippen molar-refractivity contribution >= 4 is 16.5 Å². The van der Waals surface area contributed by atoms with Gasteiger partial charge in [0.25, 0.3) is 0 Å². The highest BCUT2D eigenvalue weighted by Gasteiger charge is 2.27. The third kappa shape index (κ3) is 2.47. The third-order valence-electron chi connectivity index (χ3n) is 3.86. The maximum atomic E-state index is 9.33. The molecule has 1 saturated heterocycles. The Bertz CT molecular complexity index is 356. The molecule has 0 aliphatic carbocycles. The molecule has 1 aliphatic heterocycles. The van der Waals surface area contributed by atoms with Crippen LogP contribution in [-0.2, 0) is 13.0 Å². The first-order valence-electron chi connectivity index (χ1n) is 6.53. The van der Waals surface area contributed by atoms with Crippen molar-refractivity contribution in [3.05, 3.63) is 10.6 Å². The third-order valence-corrected chi connectivity index (χ3v) is 4.98. The van der Waals surface area contributed by atoms with E-state index in [4.69, 9.17) is 4.98 Å². The van der Waals surface area contributed by atoms with E-state index in [-0.39, 0.29) is 6.61 Å². The number of anilines is 1. The molecule has 0 radical (unpaired) electrons. The number of hydrogen-bond acceptors (Lipinski definition) is 4. The molecular formula is C13H22N2OS. The fourth-order valence-electron chi connectivity index (χ4n) is 2.50. The number of nitrogens with zero attached hydrogens (tertiary/aromatic N) is 2. The van der Waals surface area contributed by atoms with Gasteiger partial charge in [0.15, 0.2) is 5.13 Å². The van der Waals surface area contributed by atoms with Crippen LogP contribution in [0.15, 0.2) is 0 Å². The first kappa shape index (κ1) is 12.8. The molecule has 0 amide bonds. The Morgan fingerprint density at radius 1 is 1.47 bits per heavy atom. The van der Waals surface area contributed by atoms with Gasteiger partial charge < -0.3 is 10.0 Å². The molecule has 96 valence electrons. The molecule has 0 bridgehead atoms. The monoisotopic (exact) mass is 254 g/mol. The fourth-order valence-corrected chi connectivity index (χ4v) is 3.62. The number of rotatable bonds is 3. The molecule has 2 heterocycles. The topological polar surface area (TPSA) is 36.4 Å². The molecule has 2 rings (SSSR count). The Morgan fingerprint density at radius 3 is 2.82 bits per heavy atom. The molecule has 1 N–H and O–H groups in total. The van der Waals surface area contributed by atoms with Crippen molar-refractivity contribution in [2.24, 2.45) is 5.92 Å². The highest BCUT2D eigenvalue weighted by atomic mass is 32.1. The smallest absolute Gasteiger partial charge is 0.186 e.